The van der Waals surface area contributed by atoms with Gasteiger partial charge in [0.2, 0.25) is 0 Å². The molecule has 6 nitrogen and oxygen atoms in total. The average molecular weight is 415 g/mol. The molecule has 1 amide bonds. The van der Waals surface area contributed by atoms with Gasteiger partial charge >= 0.3 is 0 Å². The molecule has 0 aliphatic rings. The van der Waals surface area contributed by atoms with Crippen molar-refractivity contribution in [2.45, 2.75) is 6.54 Å². The van der Waals surface area contributed by atoms with Crippen molar-refractivity contribution >= 4 is 43.6 Å². The predicted octanol–water partition coefficient (Wildman–Crippen LogP) is 4.62. The van der Waals surface area contributed by atoms with Crippen molar-refractivity contribution < 1.29 is 9.18 Å². The molecule has 0 saturated heterocycles. The molecule has 8 heteroatoms. The zero-order chi connectivity index (χ0) is 20.5. The van der Waals surface area contributed by atoms with Crippen LogP contribution < -0.4 is 4.90 Å². The number of hydrogen-bond acceptors (Lipinski definition) is 6. The van der Waals surface area contributed by atoms with Crippen molar-refractivity contribution in [3.63, 3.8) is 0 Å². The Morgan fingerprint density at radius 3 is 2.63 bits per heavy atom. The Morgan fingerprint density at radius 1 is 0.967 bits per heavy atom. The van der Waals surface area contributed by atoms with Crippen molar-refractivity contribution in [2.75, 3.05) is 4.90 Å². The highest BCUT2D eigenvalue weighted by Gasteiger charge is 2.24. The molecule has 30 heavy (non-hydrogen) atoms. The number of thiazole rings is 1. The molecule has 0 aliphatic carbocycles. The number of para-hydroxylation sites is 3. The van der Waals surface area contributed by atoms with Crippen LogP contribution in [0, 0.1) is 5.82 Å². The van der Waals surface area contributed by atoms with Crippen LogP contribution in [-0.4, -0.2) is 25.8 Å². The maximum absolute atomic E-state index is 14.2. The van der Waals surface area contributed by atoms with Crippen molar-refractivity contribution in [1.29, 1.82) is 0 Å². The molecule has 0 atom stereocenters. The molecule has 0 fully saturated rings. The number of rotatable bonds is 4. The number of amides is 1. The molecule has 0 aliphatic heterocycles. The summed E-state index contributed by atoms with van der Waals surface area (Å²) in [7, 11) is 0. The first-order valence-electron chi connectivity index (χ1n) is 9.17. The third kappa shape index (κ3) is 3.37. The van der Waals surface area contributed by atoms with E-state index in [2.05, 4.69) is 19.9 Å². The van der Waals surface area contributed by atoms with E-state index in [1.165, 1.54) is 28.5 Å². The lowest BCUT2D eigenvalue weighted by Gasteiger charge is -2.19. The van der Waals surface area contributed by atoms with Crippen LogP contribution in [0.5, 0.6) is 0 Å². The van der Waals surface area contributed by atoms with Gasteiger partial charge < -0.3 is 0 Å². The molecule has 5 aromatic rings. The average Bonchev–Trinajstić information content (AvgIpc) is 3.23. The molecule has 3 heterocycles. The molecule has 2 aromatic carbocycles. The van der Waals surface area contributed by atoms with E-state index in [0.717, 1.165) is 5.56 Å². The summed E-state index contributed by atoms with van der Waals surface area (Å²) >= 11 is 1.25. The number of nitrogens with zero attached hydrogens (tertiary/aromatic N) is 5. The lowest BCUT2D eigenvalue weighted by Crippen LogP contribution is -2.31. The molecule has 0 saturated carbocycles. The van der Waals surface area contributed by atoms with Crippen molar-refractivity contribution in [3.8, 4) is 0 Å². The number of pyridine rings is 1. The SMILES string of the molecule is O=C(c1cnc2ccccc2n1)N(Cc1cccnc1)c1nc2c(F)cccc2s1. The summed E-state index contributed by atoms with van der Waals surface area (Å²) in [5, 5.41) is 0.388. The number of fused-ring (bicyclic) bond motifs is 2. The molecule has 3 aromatic heterocycles. The van der Waals surface area contributed by atoms with E-state index >= 15 is 0 Å². The van der Waals surface area contributed by atoms with Gasteiger partial charge in [-0.15, -0.1) is 0 Å². The zero-order valence-electron chi connectivity index (χ0n) is 15.6. The number of benzene rings is 2. The highest BCUT2D eigenvalue weighted by Crippen LogP contribution is 2.32. The van der Waals surface area contributed by atoms with E-state index in [9.17, 15) is 9.18 Å². The van der Waals surface area contributed by atoms with Crippen LogP contribution in [0.3, 0.4) is 0 Å². The lowest BCUT2D eigenvalue weighted by molar-refractivity contribution is 0.0980. The third-order valence-corrected chi connectivity index (χ3v) is 5.61. The fourth-order valence-corrected chi connectivity index (χ4v) is 4.10. The van der Waals surface area contributed by atoms with E-state index in [4.69, 9.17) is 0 Å². The Labute approximate surface area is 174 Å². The molecule has 0 unspecified atom stereocenters. The second-order valence-corrected chi connectivity index (χ2v) is 7.59. The molecule has 0 bridgehead atoms. The maximum Gasteiger partial charge on any atom is 0.280 e. The van der Waals surface area contributed by atoms with Gasteiger partial charge in [-0.3, -0.25) is 19.7 Å². The van der Waals surface area contributed by atoms with Crippen LogP contribution in [0.2, 0.25) is 0 Å². The number of aromatic nitrogens is 4. The van der Waals surface area contributed by atoms with Crippen molar-refractivity contribution in [1.82, 2.24) is 19.9 Å². The quantitative estimate of drug-likeness (QED) is 0.428. The summed E-state index contributed by atoms with van der Waals surface area (Å²) in [4.78, 5) is 32.2. The van der Waals surface area contributed by atoms with E-state index in [1.807, 2.05) is 24.3 Å². The first kappa shape index (κ1) is 18.3. The van der Waals surface area contributed by atoms with Gasteiger partial charge in [0.05, 0.1) is 28.5 Å². The van der Waals surface area contributed by atoms with E-state index in [-0.39, 0.29) is 23.7 Å². The largest absolute Gasteiger partial charge is 0.280 e. The molecule has 146 valence electrons. The van der Waals surface area contributed by atoms with Gasteiger partial charge in [-0.05, 0) is 35.9 Å². The summed E-state index contributed by atoms with van der Waals surface area (Å²) in [5.74, 6) is -0.786. The van der Waals surface area contributed by atoms with Gasteiger partial charge in [-0.1, -0.05) is 35.6 Å². The van der Waals surface area contributed by atoms with Crippen LogP contribution >= 0.6 is 11.3 Å². The summed E-state index contributed by atoms with van der Waals surface area (Å²) in [6, 6.07) is 15.8. The summed E-state index contributed by atoms with van der Waals surface area (Å²) in [6.45, 7) is 0.225. The summed E-state index contributed by atoms with van der Waals surface area (Å²) in [6.07, 6.45) is 4.80. The highest BCUT2D eigenvalue weighted by molar-refractivity contribution is 7.22. The van der Waals surface area contributed by atoms with Crippen LogP contribution in [-0.2, 0) is 6.54 Å². The Hall–Kier alpha value is -3.78. The third-order valence-electron chi connectivity index (χ3n) is 4.57. The topological polar surface area (TPSA) is 71.9 Å². The second kappa shape index (κ2) is 7.57. The van der Waals surface area contributed by atoms with Crippen molar-refractivity contribution in [2.24, 2.45) is 0 Å². The molecule has 0 spiro atoms. The Bertz CT molecular complexity index is 1370. The monoisotopic (exact) mass is 415 g/mol. The fourth-order valence-electron chi connectivity index (χ4n) is 3.12. The van der Waals surface area contributed by atoms with E-state index in [1.54, 1.807) is 36.7 Å². The number of carbonyl (C=O) groups excluding carboxylic acids is 1. The first-order valence-corrected chi connectivity index (χ1v) is 9.98. The molecule has 0 radical (unpaired) electrons. The molecule has 0 N–H and O–H groups in total. The standard InChI is InChI=1S/C22H14FN5OS/c23-15-6-3-9-19-20(15)27-22(30-19)28(13-14-5-4-10-24-11-14)21(29)18-12-25-16-7-1-2-8-17(16)26-18/h1-12H,13H2. The number of halogens is 1. The Balaban J connectivity index is 1.60. The summed E-state index contributed by atoms with van der Waals surface area (Å²) < 4.78 is 14.9. The van der Waals surface area contributed by atoms with Crippen LogP contribution in [0.4, 0.5) is 9.52 Å². The molecular weight excluding hydrogens is 401 g/mol. The van der Waals surface area contributed by atoms with Gasteiger partial charge in [0, 0.05) is 12.4 Å². The number of carbonyl (C=O) groups is 1. The minimum absolute atomic E-state index is 0.192. The van der Waals surface area contributed by atoms with Gasteiger partial charge in [-0.2, -0.15) is 0 Å². The fraction of sp³-hybridized carbons (Fsp3) is 0.0455. The van der Waals surface area contributed by atoms with Gasteiger partial charge in [0.1, 0.15) is 17.0 Å². The van der Waals surface area contributed by atoms with E-state index in [0.29, 0.717) is 20.9 Å². The van der Waals surface area contributed by atoms with E-state index < -0.39 is 5.82 Å². The maximum atomic E-state index is 14.2. The normalized spacial score (nSPS) is 11.1. The smallest absolute Gasteiger partial charge is 0.278 e. The minimum atomic E-state index is -0.422. The van der Waals surface area contributed by atoms with Gasteiger partial charge in [0.15, 0.2) is 5.13 Å². The second-order valence-electron chi connectivity index (χ2n) is 6.58. The minimum Gasteiger partial charge on any atom is -0.278 e. The first-order chi connectivity index (χ1) is 14.7. The van der Waals surface area contributed by atoms with Crippen LogP contribution in [0.15, 0.2) is 73.2 Å². The van der Waals surface area contributed by atoms with Gasteiger partial charge in [0.25, 0.3) is 5.91 Å². The predicted molar refractivity (Wildman–Crippen MR) is 114 cm³/mol. The summed E-state index contributed by atoms with van der Waals surface area (Å²) in [5.41, 5.74) is 2.58. The van der Waals surface area contributed by atoms with Crippen LogP contribution in [0.25, 0.3) is 21.3 Å². The van der Waals surface area contributed by atoms with Gasteiger partial charge in [-0.25, -0.2) is 14.4 Å². The lowest BCUT2D eigenvalue weighted by atomic mass is 10.2. The van der Waals surface area contributed by atoms with Crippen LogP contribution in [0.1, 0.15) is 16.1 Å². The zero-order valence-corrected chi connectivity index (χ0v) is 16.4. The molecule has 5 rings (SSSR count). The molecular formula is C22H14FN5OS. The highest BCUT2D eigenvalue weighted by atomic mass is 32.1. The Morgan fingerprint density at radius 2 is 1.83 bits per heavy atom. The number of anilines is 1. The Kier molecular flexibility index (Phi) is 4.61. The number of hydrogen-bond donors (Lipinski definition) is 0. The van der Waals surface area contributed by atoms with Crippen molar-refractivity contribution in [3.05, 3.63) is 90.3 Å².